The second-order valence-electron chi connectivity index (χ2n) is 5.24. The van der Waals surface area contributed by atoms with E-state index < -0.39 is 5.72 Å². The van der Waals surface area contributed by atoms with E-state index in [1.165, 1.54) is 0 Å². The molecule has 0 unspecified atom stereocenters. The number of hydrogen-bond acceptors (Lipinski definition) is 3. The van der Waals surface area contributed by atoms with Gasteiger partial charge < -0.3 is 14.5 Å². The molecule has 1 N–H and O–H groups in total. The lowest BCUT2D eigenvalue weighted by molar-refractivity contribution is -0.172. The third-order valence-corrected chi connectivity index (χ3v) is 3.95. The molecular weight excluding hydrogens is 228 g/mol. The Bertz CT molecular complexity index is 441. The highest BCUT2D eigenvalue weighted by Gasteiger charge is 2.48. The molecule has 1 spiro atoms. The Morgan fingerprint density at radius 2 is 2.44 bits per heavy atom. The van der Waals surface area contributed by atoms with Crippen LogP contribution in [0.3, 0.4) is 0 Å². The molecule has 2 aliphatic heterocycles. The van der Waals surface area contributed by atoms with Crippen molar-refractivity contribution < 1.29 is 9.47 Å². The second-order valence-corrected chi connectivity index (χ2v) is 5.24. The topological polar surface area (TPSA) is 46.6 Å². The van der Waals surface area contributed by atoms with Crippen molar-refractivity contribution in [2.45, 2.75) is 50.5 Å². The lowest BCUT2D eigenvalue weighted by Gasteiger charge is -2.38. The summed E-state index contributed by atoms with van der Waals surface area (Å²) in [5, 5.41) is 0. The summed E-state index contributed by atoms with van der Waals surface area (Å²) in [7, 11) is 1.75. The van der Waals surface area contributed by atoms with Gasteiger partial charge in [-0.05, 0) is 38.3 Å². The van der Waals surface area contributed by atoms with Crippen LogP contribution in [0, 0.1) is 0 Å². The zero-order valence-electron chi connectivity index (χ0n) is 11.0. The zero-order chi connectivity index (χ0) is 12.6. The van der Waals surface area contributed by atoms with Crippen LogP contribution in [0.1, 0.15) is 38.3 Å². The standard InChI is InChI=1S/C14H20N2O2/c1-10-5-3-7-14(18-10)13(17-2)9-12(16-14)11-6-4-8-15-11/h4,6,8,10,13,15H,3,5,7,9H2,1-2H3/t10-,13-,14-/m1/s1. The van der Waals surface area contributed by atoms with Crippen LogP contribution in [-0.2, 0) is 9.47 Å². The van der Waals surface area contributed by atoms with Crippen LogP contribution in [0.15, 0.2) is 23.3 Å². The molecule has 3 rings (SSSR count). The van der Waals surface area contributed by atoms with Gasteiger partial charge in [-0.25, -0.2) is 0 Å². The fourth-order valence-corrected chi connectivity index (χ4v) is 3.06. The monoisotopic (exact) mass is 248 g/mol. The molecule has 2 aliphatic rings. The van der Waals surface area contributed by atoms with Gasteiger partial charge in [0.25, 0.3) is 0 Å². The second kappa shape index (κ2) is 4.52. The van der Waals surface area contributed by atoms with E-state index in [2.05, 4.69) is 18.0 Å². The molecule has 1 saturated heterocycles. The van der Waals surface area contributed by atoms with E-state index in [1.807, 2.05) is 12.3 Å². The van der Waals surface area contributed by atoms with Gasteiger partial charge in [-0.15, -0.1) is 0 Å². The van der Waals surface area contributed by atoms with Crippen LogP contribution in [0.5, 0.6) is 0 Å². The van der Waals surface area contributed by atoms with E-state index in [-0.39, 0.29) is 12.2 Å². The first-order chi connectivity index (χ1) is 8.73. The molecule has 1 aromatic heterocycles. The van der Waals surface area contributed by atoms with Gasteiger partial charge in [-0.2, -0.15) is 0 Å². The maximum Gasteiger partial charge on any atom is 0.185 e. The number of methoxy groups -OCH3 is 1. The first-order valence-corrected chi connectivity index (χ1v) is 6.66. The molecule has 3 heterocycles. The quantitative estimate of drug-likeness (QED) is 0.874. The fraction of sp³-hybridized carbons (Fsp3) is 0.643. The van der Waals surface area contributed by atoms with E-state index in [0.29, 0.717) is 0 Å². The summed E-state index contributed by atoms with van der Waals surface area (Å²) >= 11 is 0. The highest BCUT2D eigenvalue weighted by atomic mass is 16.6. The minimum atomic E-state index is -0.452. The van der Waals surface area contributed by atoms with Crippen LogP contribution < -0.4 is 0 Å². The maximum atomic E-state index is 6.14. The Morgan fingerprint density at radius 1 is 1.56 bits per heavy atom. The third kappa shape index (κ3) is 1.89. The van der Waals surface area contributed by atoms with Crippen molar-refractivity contribution in [2.75, 3.05) is 7.11 Å². The van der Waals surface area contributed by atoms with Gasteiger partial charge in [0.2, 0.25) is 0 Å². The van der Waals surface area contributed by atoms with Gasteiger partial charge in [-0.3, -0.25) is 4.99 Å². The van der Waals surface area contributed by atoms with E-state index in [9.17, 15) is 0 Å². The molecule has 98 valence electrons. The summed E-state index contributed by atoms with van der Waals surface area (Å²) in [6.45, 7) is 2.12. The average Bonchev–Trinajstić information content (AvgIpc) is 2.96. The minimum absolute atomic E-state index is 0.0403. The molecule has 18 heavy (non-hydrogen) atoms. The summed E-state index contributed by atoms with van der Waals surface area (Å²) in [5.74, 6) is 0. The first kappa shape index (κ1) is 11.9. The van der Waals surface area contributed by atoms with E-state index in [1.54, 1.807) is 7.11 Å². The number of hydrogen-bond donors (Lipinski definition) is 1. The Labute approximate surface area is 107 Å². The molecule has 3 atom stereocenters. The molecule has 4 heteroatoms. The van der Waals surface area contributed by atoms with Crippen molar-refractivity contribution in [2.24, 2.45) is 4.99 Å². The predicted octanol–water partition coefficient (Wildman–Crippen LogP) is 2.51. The van der Waals surface area contributed by atoms with Gasteiger partial charge >= 0.3 is 0 Å². The van der Waals surface area contributed by atoms with Crippen LogP contribution in [0.25, 0.3) is 0 Å². The first-order valence-electron chi connectivity index (χ1n) is 6.66. The minimum Gasteiger partial charge on any atom is -0.376 e. The lowest BCUT2D eigenvalue weighted by atomic mass is 9.95. The normalized spacial score (nSPS) is 36.0. The Morgan fingerprint density at radius 3 is 3.11 bits per heavy atom. The molecule has 1 fully saturated rings. The fourth-order valence-electron chi connectivity index (χ4n) is 3.06. The molecule has 0 aliphatic carbocycles. The number of rotatable bonds is 2. The van der Waals surface area contributed by atoms with Crippen LogP contribution in [0.4, 0.5) is 0 Å². The summed E-state index contributed by atoms with van der Waals surface area (Å²) in [5.41, 5.74) is 1.70. The number of aromatic nitrogens is 1. The third-order valence-electron chi connectivity index (χ3n) is 3.95. The van der Waals surface area contributed by atoms with Crippen molar-refractivity contribution in [3.63, 3.8) is 0 Å². The molecule has 0 amide bonds. The van der Waals surface area contributed by atoms with Crippen LogP contribution >= 0.6 is 0 Å². The van der Waals surface area contributed by atoms with E-state index in [0.717, 1.165) is 37.1 Å². The Balaban J connectivity index is 1.91. The lowest BCUT2D eigenvalue weighted by Crippen LogP contribution is -2.46. The maximum absolute atomic E-state index is 6.14. The molecular formula is C14H20N2O2. The van der Waals surface area contributed by atoms with Gasteiger partial charge in [0.15, 0.2) is 5.72 Å². The van der Waals surface area contributed by atoms with Crippen LogP contribution in [-0.4, -0.2) is 35.7 Å². The van der Waals surface area contributed by atoms with Crippen molar-refractivity contribution in [3.05, 3.63) is 24.0 Å². The number of nitrogens with one attached hydrogen (secondary N) is 1. The Hall–Kier alpha value is -1.13. The Kier molecular flexibility index (Phi) is 2.99. The molecule has 0 radical (unpaired) electrons. The molecule has 0 aromatic carbocycles. The van der Waals surface area contributed by atoms with Gasteiger partial charge in [0, 0.05) is 19.7 Å². The summed E-state index contributed by atoms with van der Waals surface area (Å²) in [6, 6.07) is 4.05. The average molecular weight is 248 g/mol. The number of nitrogens with zero attached hydrogens (tertiary/aromatic N) is 1. The van der Waals surface area contributed by atoms with Gasteiger partial charge in [0.05, 0.1) is 17.5 Å². The summed E-state index contributed by atoms with van der Waals surface area (Å²) in [6.07, 6.45) is 6.29. The van der Waals surface area contributed by atoms with Crippen molar-refractivity contribution in [1.29, 1.82) is 0 Å². The molecule has 4 nitrogen and oxygen atoms in total. The van der Waals surface area contributed by atoms with Crippen molar-refractivity contribution in [3.8, 4) is 0 Å². The van der Waals surface area contributed by atoms with Gasteiger partial charge in [-0.1, -0.05) is 0 Å². The van der Waals surface area contributed by atoms with E-state index in [4.69, 9.17) is 14.5 Å². The SMILES string of the molecule is CO[C@@H]1CC(c2ccc[nH]2)=N[C@@]12CCC[C@@H](C)O2. The van der Waals surface area contributed by atoms with Gasteiger partial charge in [0.1, 0.15) is 6.10 Å². The predicted molar refractivity (Wildman–Crippen MR) is 69.9 cm³/mol. The summed E-state index contributed by atoms with van der Waals surface area (Å²) in [4.78, 5) is 8.08. The molecule has 0 bridgehead atoms. The smallest absolute Gasteiger partial charge is 0.185 e. The van der Waals surface area contributed by atoms with Crippen molar-refractivity contribution >= 4 is 5.71 Å². The summed E-state index contributed by atoms with van der Waals surface area (Å²) < 4.78 is 11.8. The number of aliphatic imine (C=N–C) groups is 1. The largest absolute Gasteiger partial charge is 0.376 e. The highest BCUT2D eigenvalue weighted by Crippen LogP contribution is 2.40. The number of aromatic amines is 1. The number of H-pyrrole nitrogens is 1. The van der Waals surface area contributed by atoms with Crippen LogP contribution in [0.2, 0.25) is 0 Å². The molecule has 0 saturated carbocycles. The molecule has 1 aromatic rings. The zero-order valence-corrected chi connectivity index (χ0v) is 11.0. The van der Waals surface area contributed by atoms with Crippen molar-refractivity contribution in [1.82, 2.24) is 4.98 Å². The van der Waals surface area contributed by atoms with E-state index >= 15 is 0 Å². The highest BCUT2D eigenvalue weighted by molar-refractivity contribution is 6.01. The number of ether oxygens (including phenoxy) is 2.